The first-order valence-electron chi connectivity index (χ1n) is 5.13. The summed E-state index contributed by atoms with van der Waals surface area (Å²) in [6.45, 7) is 0. The third-order valence-corrected chi connectivity index (χ3v) is 3.18. The zero-order valence-corrected chi connectivity index (χ0v) is 11.4. The first kappa shape index (κ1) is 15.1. The van der Waals surface area contributed by atoms with E-state index < -0.39 is 0 Å². The molecule has 1 aromatic carbocycles. The quantitative estimate of drug-likeness (QED) is 0.519. The second-order valence-corrected chi connectivity index (χ2v) is 4.59. The average Bonchev–Trinajstić information content (AvgIpc) is 2.78. The Balaban J connectivity index is 0.00000180. The van der Waals surface area contributed by atoms with Crippen molar-refractivity contribution in [1.82, 2.24) is 0 Å². The number of thiophene rings is 1. The molecule has 0 aliphatic rings. The lowest BCUT2D eigenvalue weighted by Crippen LogP contribution is -2.21. The summed E-state index contributed by atoms with van der Waals surface area (Å²) >= 11 is 1.52. The Labute approximate surface area is 120 Å². The molecule has 2 aromatic rings. The van der Waals surface area contributed by atoms with E-state index in [-0.39, 0.29) is 24.2 Å². The standard InChI is InChI=1S/C12H11FN4S.ClH/c13-9-3-1-8(2-4-9)11-6-5-10(18-11)7-16-17-12(14)15;/h1-7H,(H4,14,15,17);1H/b16-7+;. The largest absolute Gasteiger partial charge is 0.369 e. The maximum absolute atomic E-state index is 12.8. The van der Waals surface area contributed by atoms with E-state index in [0.29, 0.717) is 0 Å². The molecule has 0 aliphatic carbocycles. The molecule has 0 aliphatic heterocycles. The zero-order chi connectivity index (χ0) is 13.0. The van der Waals surface area contributed by atoms with E-state index in [9.17, 15) is 4.39 Å². The van der Waals surface area contributed by atoms with Gasteiger partial charge in [-0.2, -0.15) is 5.10 Å². The van der Waals surface area contributed by atoms with E-state index in [1.807, 2.05) is 12.1 Å². The van der Waals surface area contributed by atoms with Gasteiger partial charge in [0, 0.05) is 9.75 Å². The Hall–Kier alpha value is -1.92. The van der Waals surface area contributed by atoms with Gasteiger partial charge in [0.15, 0.2) is 0 Å². The fourth-order valence-corrected chi connectivity index (χ4v) is 2.22. The summed E-state index contributed by atoms with van der Waals surface area (Å²) in [5.74, 6) is -0.327. The first-order valence-corrected chi connectivity index (χ1v) is 5.94. The van der Waals surface area contributed by atoms with Crippen molar-refractivity contribution < 1.29 is 4.39 Å². The highest BCUT2D eigenvalue weighted by molar-refractivity contribution is 7.17. The lowest BCUT2D eigenvalue weighted by Gasteiger charge is -1.95. The molecule has 1 aromatic heterocycles. The van der Waals surface area contributed by atoms with Crippen molar-refractivity contribution in [3.05, 3.63) is 47.1 Å². The minimum atomic E-state index is -0.246. The number of guanidine groups is 1. The monoisotopic (exact) mass is 298 g/mol. The summed E-state index contributed by atoms with van der Waals surface area (Å²) in [5, 5.41) is 7.24. The van der Waals surface area contributed by atoms with Crippen molar-refractivity contribution in [3.63, 3.8) is 0 Å². The fraction of sp³-hybridized carbons (Fsp3) is 0. The van der Waals surface area contributed by atoms with Crippen LogP contribution in [0.4, 0.5) is 4.39 Å². The van der Waals surface area contributed by atoms with Crippen LogP contribution in [0.25, 0.3) is 10.4 Å². The van der Waals surface area contributed by atoms with Gasteiger partial charge in [0.05, 0.1) is 6.21 Å². The van der Waals surface area contributed by atoms with Crippen LogP contribution in [-0.2, 0) is 0 Å². The Morgan fingerprint density at radius 3 is 2.42 bits per heavy atom. The molecule has 4 N–H and O–H groups in total. The summed E-state index contributed by atoms with van der Waals surface area (Å²) in [7, 11) is 0. The molecule has 0 unspecified atom stereocenters. The number of hydrogen-bond acceptors (Lipinski definition) is 3. The Morgan fingerprint density at radius 2 is 1.79 bits per heavy atom. The minimum absolute atomic E-state index is 0. The number of benzene rings is 1. The normalized spacial score (nSPS) is 10.2. The molecule has 0 radical (unpaired) electrons. The summed E-state index contributed by atoms with van der Waals surface area (Å²) in [5.41, 5.74) is 11.3. The van der Waals surface area contributed by atoms with Crippen LogP contribution in [0.1, 0.15) is 4.88 Å². The van der Waals surface area contributed by atoms with Crippen molar-refractivity contribution >= 4 is 35.9 Å². The van der Waals surface area contributed by atoms with Crippen LogP contribution < -0.4 is 11.5 Å². The van der Waals surface area contributed by atoms with E-state index in [1.54, 1.807) is 18.3 Å². The van der Waals surface area contributed by atoms with Gasteiger partial charge in [-0.25, -0.2) is 4.39 Å². The van der Waals surface area contributed by atoms with Gasteiger partial charge in [-0.1, -0.05) is 12.1 Å². The summed E-state index contributed by atoms with van der Waals surface area (Å²) < 4.78 is 12.8. The summed E-state index contributed by atoms with van der Waals surface area (Å²) in [6.07, 6.45) is 1.57. The molecule has 0 fully saturated rings. The zero-order valence-electron chi connectivity index (χ0n) is 9.79. The van der Waals surface area contributed by atoms with Crippen molar-refractivity contribution in [2.24, 2.45) is 21.7 Å². The van der Waals surface area contributed by atoms with Gasteiger partial charge in [0.25, 0.3) is 0 Å². The van der Waals surface area contributed by atoms with E-state index in [2.05, 4.69) is 10.2 Å². The lowest BCUT2D eigenvalue weighted by molar-refractivity contribution is 0.628. The van der Waals surface area contributed by atoms with Crippen LogP contribution in [0.5, 0.6) is 0 Å². The molecule has 1 heterocycles. The molecule has 0 atom stereocenters. The number of nitrogens with zero attached hydrogens (tertiary/aromatic N) is 2. The average molecular weight is 299 g/mol. The summed E-state index contributed by atoms with van der Waals surface area (Å²) in [4.78, 5) is 1.94. The van der Waals surface area contributed by atoms with Crippen LogP contribution in [0.15, 0.2) is 46.6 Å². The molecule has 19 heavy (non-hydrogen) atoms. The maximum Gasteiger partial charge on any atom is 0.211 e. The Kier molecular flexibility index (Phi) is 5.47. The molecular weight excluding hydrogens is 287 g/mol. The van der Waals surface area contributed by atoms with Crippen LogP contribution in [0.3, 0.4) is 0 Å². The van der Waals surface area contributed by atoms with E-state index in [4.69, 9.17) is 11.5 Å². The number of hydrogen-bond donors (Lipinski definition) is 2. The van der Waals surface area contributed by atoms with Crippen molar-refractivity contribution in [2.75, 3.05) is 0 Å². The SMILES string of the molecule is Cl.NC(N)=N/N=C/c1ccc(-c2ccc(F)cc2)s1. The fourth-order valence-electron chi connectivity index (χ4n) is 1.34. The smallest absolute Gasteiger partial charge is 0.211 e. The molecule has 0 amide bonds. The van der Waals surface area contributed by atoms with Crippen LogP contribution in [0.2, 0.25) is 0 Å². The van der Waals surface area contributed by atoms with E-state index in [1.165, 1.54) is 23.5 Å². The highest BCUT2D eigenvalue weighted by Crippen LogP contribution is 2.27. The van der Waals surface area contributed by atoms with Gasteiger partial charge in [0.1, 0.15) is 5.82 Å². The highest BCUT2D eigenvalue weighted by atomic mass is 35.5. The van der Waals surface area contributed by atoms with Gasteiger partial charge in [-0.3, -0.25) is 0 Å². The van der Waals surface area contributed by atoms with Gasteiger partial charge in [0.2, 0.25) is 5.96 Å². The van der Waals surface area contributed by atoms with E-state index in [0.717, 1.165) is 15.3 Å². The molecule has 0 saturated heterocycles. The molecule has 0 saturated carbocycles. The van der Waals surface area contributed by atoms with Crippen LogP contribution in [-0.4, -0.2) is 12.2 Å². The minimum Gasteiger partial charge on any atom is -0.369 e. The molecule has 2 rings (SSSR count). The first-order chi connectivity index (χ1) is 8.65. The second-order valence-electron chi connectivity index (χ2n) is 3.48. The van der Waals surface area contributed by atoms with Crippen LogP contribution in [0, 0.1) is 5.82 Å². The van der Waals surface area contributed by atoms with Crippen LogP contribution >= 0.6 is 23.7 Å². The van der Waals surface area contributed by atoms with Gasteiger partial charge < -0.3 is 11.5 Å². The molecule has 4 nitrogen and oxygen atoms in total. The predicted molar refractivity (Wildman–Crippen MR) is 80.4 cm³/mol. The van der Waals surface area contributed by atoms with Crippen molar-refractivity contribution in [3.8, 4) is 10.4 Å². The van der Waals surface area contributed by atoms with Gasteiger partial charge in [-0.15, -0.1) is 28.8 Å². The number of nitrogens with two attached hydrogens (primary N) is 2. The number of halogens is 2. The third kappa shape index (κ3) is 4.35. The third-order valence-electron chi connectivity index (χ3n) is 2.11. The van der Waals surface area contributed by atoms with Crippen molar-refractivity contribution in [1.29, 1.82) is 0 Å². The molecular formula is C12H12ClFN4S. The molecule has 100 valence electrons. The molecule has 0 spiro atoms. The second kappa shape index (κ2) is 6.86. The Morgan fingerprint density at radius 1 is 1.11 bits per heavy atom. The predicted octanol–water partition coefficient (Wildman–Crippen LogP) is 2.58. The van der Waals surface area contributed by atoms with Gasteiger partial charge in [-0.05, 0) is 29.8 Å². The molecule has 7 heteroatoms. The highest BCUT2D eigenvalue weighted by Gasteiger charge is 2.01. The van der Waals surface area contributed by atoms with Crippen molar-refractivity contribution in [2.45, 2.75) is 0 Å². The molecule has 0 bridgehead atoms. The van der Waals surface area contributed by atoms with E-state index >= 15 is 0 Å². The summed E-state index contributed by atoms with van der Waals surface area (Å²) in [6, 6.07) is 10.2. The lowest BCUT2D eigenvalue weighted by atomic mass is 10.2. The maximum atomic E-state index is 12.8. The van der Waals surface area contributed by atoms with Gasteiger partial charge >= 0.3 is 0 Å². The topological polar surface area (TPSA) is 76.8 Å². The Bertz CT molecular complexity index is 588. The number of rotatable bonds is 3.